The molecule has 1 amide bonds. The summed E-state index contributed by atoms with van der Waals surface area (Å²) >= 11 is 0. The molecule has 0 unspecified atom stereocenters. The van der Waals surface area contributed by atoms with Gasteiger partial charge in [-0.2, -0.15) is 0 Å². The van der Waals surface area contributed by atoms with E-state index in [4.69, 9.17) is 0 Å². The molecule has 4 nitrogen and oxygen atoms in total. The first-order chi connectivity index (χ1) is 9.56. The number of rotatable bonds is 2. The van der Waals surface area contributed by atoms with Gasteiger partial charge < -0.3 is 4.90 Å². The summed E-state index contributed by atoms with van der Waals surface area (Å²) in [7, 11) is 0. The highest BCUT2D eigenvalue weighted by Crippen LogP contribution is 2.27. The van der Waals surface area contributed by atoms with Crippen LogP contribution in [0.4, 0.5) is 5.69 Å². The fraction of sp³-hybridized carbons (Fsp3) is 0.500. The molecule has 2 aliphatic heterocycles. The molecule has 2 aliphatic rings. The number of para-hydroxylation sites is 1. The van der Waals surface area contributed by atoms with Crippen molar-refractivity contribution in [1.82, 2.24) is 0 Å². The van der Waals surface area contributed by atoms with Crippen molar-refractivity contribution < 1.29 is 14.5 Å². The van der Waals surface area contributed by atoms with Gasteiger partial charge in [-0.15, -0.1) is 0 Å². The zero-order chi connectivity index (χ0) is 14.3. The number of nitrogens with zero attached hydrogens (tertiary/aromatic N) is 1. The van der Waals surface area contributed by atoms with E-state index in [1.807, 2.05) is 18.2 Å². The van der Waals surface area contributed by atoms with E-state index in [1.54, 1.807) is 11.0 Å². The molecule has 1 fully saturated rings. The number of benzene rings is 1. The Balaban J connectivity index is 1.81. The van der Waals surface area contributed by atoms with Crippen LogP contribution in [0.5, 0.6) is 0 Å². The normalized spacial score (nSPS) is 29.7. The van der Waals surface area contributed by atoms with E-state index in [-0.39, 0.29) is 11.7 Å². The van der Waals surface area contributed by atoms with Crippen molar-refractivity contribution >= 4 is 17.4 Å². The van der Waals surface area contributed by atoms with E-state index in [2.05, 4.69) is 13.8 Å². The van der Waals surface area contributed by atoms with Crippen LogP contribution in [-0.2, 0) is 4.79 Å². The lowest BCUT2D eigenvalue weighted by Crippen LogP contribution is -3.16. The van der Waals surface area contributed by atoms with Gasteiger partial charge in [0.05, 0.1) is 24.3 Å². The second-order valence-electron chi connectivity index (χ2n) is 6.34. The van der Waals surface area contributed by atoms with Gasteiger partial charge in [-0.3, -0.25) is 14.5 Å². The average Bonchev–Trinajstić information content (AvgIpc) is 2.64. The lowest BCUT2D eigenvalue weighted by Gasteiger charge is -2.34. The number of nitrogens with one attached hydrogen (secondary N) is 1. The Labute approximate surface area is 119 Å². The van der Waals surface area contributed by atoms with Crippen molar-refractivity contribution in [1.29, 1.82) is 0 Å². The maximum Gasteiger partial charge on any atom is 0.303 e. The fourth-order valence-corrected chi connectivity index (χ4v) is 3.68. The molecule has 0 radical (unpaired) electrons. The van der Waals surface area contributed by atoms with Gasteiger partial charge in [0.25, 0.3) is 5.78 Å². The molecule has 2 heterocycles. The zero-order valence-electron chi connectivity index (χ0n) is 12.1. The number of likely N-dealkylation sites (tertiary alicyclic amines) is 1. The highest BCUT2D eigenvalue weighted by Gasteiger charge is 2.38. The summed E-state index contributed by atoms with van der Waals surface area (Å²) < 4.78 is 0. The Bertz CT molecular complexity index is 545. The van der Waals surface area contributed by atoms with Crippen LogP contribution in [0.15, 0.2) is 24.3 Å². The average molecular weight is 273 g/mol. The minimum absolute atomic E-state index is 0.363. The molecule has 0 bridgehead atoms. The number of fused-ring (bicyclic) bond motifs is 1. The molecule has 3 rings (SSSR count). The molecule has 0 aliphatic carbocycles. The molecule has 2 atom stereocenters. The standard InChI is InChI=1S/C16H20N2O2/c1-11-7-12(2)9-17(8-11)10-18-14-6-4-3-5-13(14)15(19)16(18)20/h3-6,11-12H,7-10H2,1-2H3/p+1/t11-,12-/m1/s1. The maximum atomic E-state index is 12.2. The van der Waals surface area contributed by atoms with Crippen molar-refractivity contribution in [3.05, 3.63) is 29.8 Å². The second kappa shape index (κ2) is 5.02. The first-order valence-corrected chi connectivity index (χ1v) is 7.35. The minimum atomic E-state index is -0.371. The number of amides is 1. The largest absolute Gasteiger partial charge is 0.317 e. The van der Waals surface area contributed by atoms with Gasteiger partial charge in [-0.25, -0.2) is 0 Å². The van der Waals surface area contributed by atoms with E-state index in [9.17, 15) is 9.59 Å². The number of ketones is 1. The molecule has 1 saturated heterocycles. The monoisotopic (exact) mass is 273 g/mol. The third-order valence-electron chi connectivity index (χ3n) is 4.34. The SMILES string of the molecule is C[C@@H]1C[C@@H](C)C[NH+](CN2C(=O)C(=O)c3ccccc32)C1. The van der Waals surface area contributed by atoms with Crippen LogP contribution in [0.1, 0.15) is 30.6 Å². The predicted octanol–water partition coefficient (Wildman–Crippen LogP) is 0.734. The number of Topliss-reactive ketones (excluding diaryl/α,β-unsaturated/α-hetero) is 1. The summed E-state index contributed by atoms with van der Waals surface area (Å²) in [6, 6.07) is 7.31. The third-order valence-corrected chi connectivity index (χ3v) is 4.34. The van der Waals surface area contributed by atoms with E-state index < -0.39 is 0 Å². The Hall–Kier alpha value is -1.68. The van der Waals surface area contributed by atoms with Crippen molar-refractivity contribution in [3.63, 3.8) is 0 Å². The fourth-order valence-electron chi connectivity index (χ4n) is 3.68. The third kappa shape index (κ3) is 2.24. The van der Waals surface area contributed by atoms with Gasteiger partial charge in [-0.05, 0) is 18.6 Å². The van der Waals surface area contributed by atoms with E-state index in [1.165, 1.54) is 11.3 Å². The van der Waals surface area contributed by atoms with Gasteiger partial charge in [0.15, 0.2) is 6.67 Å². The highest BCUT2D eigenvalue weighted by atomic mass is 16.2. The van der Waals surface area contributed by atoms with Gasteiger partial charge in [-0.1, -0.05) is 26.0 Å². The van der Waals surface area contributed by atoms with E-state index >= 15 is 0 Å². The van der Waals surface area contributed by atoms with Crippen LogP contribution >= 0.6 is 0 Å². The van der Waals surface area contributed by atoms with Gasteiger partial charge in [0, 0.05) is 11.8 Å². The molecule has 1 aromatic rings. The van der Waals surface area contributed by atoms with Crippen molar-refractivity contribution in [3.8, 4) is 0 Å². The van der Waals surface area contributed by atoms with Crippen molar-refractivity contribution in [2.24, 2.45) is 11.8 Å². The summed E-state index contributed by atoms with van der Waals surface area (Å²) in [6.07, 6.45) is 1.26. The Kier molecular flexibility index (Phi) is 3.34. The van der Waals surface area contributed by atoms with Crippen LogP contribution in [0.25, 0.3) is 0 Å². The molecular formula is C16H21N2O2+. The zero-order valence-corrected chi connectivity index (χ0v) is 12.1. The number of piperidine rings is 1. The molecular weight excluding hydrogens is 252 g/mol. The lowest BCUT2D eigenvalue weighted by molar-refractivity contribution is -0.910. The number of hydrogen-bond acceptors (Lipinski definition) is 2. The molecule has 20 heavy (non-hydrogen) atoms. The Morgan fingerprint density at radius 2 is 1.80 bits per heavy atom. The highest BCUT2D eigenvalue weighted by molar-refractivity contribution is 6.52. The van der Waals surface area contributed by atoms with Gasteiger partial charge >= 0.3 is 5.91 Å². The molecule has 106 valence electrons. The van der Waals surface area contributed by atoms with Gasteiger partial charge in [0.1, 0.15) is 0 Å². The molecule has 1 aromatic carbocycles. The molecule has 0 saturated carbocycles. The minimum Gasteiger partial charge on any atom is -0.317 e. The molecule has 0 aromatic heterocycles. The lowest BCUT2D eigenvalue weighted by atomic mass is 9.92. The van der Waals surface area contributed by atoms with Crippen LogP contribution in [0, 0.1) is 11.8 Å². The maximum absolute atomic E-state index is 12.2. The molecule has 4 heteroatoms. The summed E-state index contributed by atoms with van der Waals surface area (Å²) in [4.78, 5) is 27.2. The number of carbonyl (C=O) groups excluding carboxylic acids is 2. The smallest absolute Gasteiger partial charge is 0.303 e. The van der Waals surface area contributed by atoms with E-state index in [0.717, 1.165) is 18.8 Å². The summed E-state index contributed by atoms with van der Waals surface area (Å²) in [6.45, 7) is 7.28. The topological polar surface area (TPSA) is 41.8 Å². The first-order valence-electron chi connectivity index (χ1n) is 7.35. The molecule has 1 N–H and O–H groups in total. The second-order valence-corrected chi connectivity index (χ2v) is 6.34. The number of hydrogen-bond donors (Lipinski definition) is 1. The van der Waals surface area contributed by atoms with E-state index in [0.29, 0.717) is 24.1 Å². The van der Waals surface area contributed by atoms with Crippen LogP contribution in [0.2, 0.25) is 0 Å². The van der Waals surface area contributed by atoms with Crippen LogP contribution < -0.4 is 9.80 Å². The van der Waals surface area contributed by atoms with Crippen molar-refractivity contribution in [2.75, 3.05) is 24.7 Å². The Morgan fingerprint density at radius 1 is 1.15 bits per heavy atom. The van der Waals surface area contributed by atoms with Crippen LogP contribution in [0.3, 0.4) is 0 Å². The summed E-state index contributed by atoms with van der Waals surface area (Å²) in [5, 5.41) is 0. The summed E-state index contributed by atoms with van der Waals surface area (Å²) in [5.41, 5.74) is 1.33. The van der Waals surface area contributed by atoms with Gasteiger partial charge in [0.2, 0.25) is 0 Å². The quantitative estimate of drug-likeness (QED) is 0.807. The summed E-state index contributed by atoms with van der Waals surface area (Å²) in [5.74, 6) is 0.623. The van der Waals surface area contributed by atoms with Crippen LogP contribution in [-0.4, -0.2) is 31.4 Å². The Morgan fingerprint density at radius 3 is 2.50 bits per heavy atom. The number of anilines is 1. The number of quaternary nitrogens is 1. The first kappa shape index (κ1) is 13.3. The van der Waals surface area contributed by atoms with Crippen molar-refractivity contribution in [2.45, 2.75) is 20.3 Å². The molecule has 0 spiro atoms. The predicted molar refractivity (Wildman–Crippen MR) is 76.8 cm³/mol. The number of carbonyl (C=O) groups is 2.